The summed E-state index contributed by atoms with van der Waals surface area (Å²) in [6, 6.07) is 0. The molecule has 0 aliphatic carbocycles. The molecule has 27 heavy (non-hydrogen) atoms. The second-order valence-electron chi connectivity index (χ2n) is 8.36. The molecule has 0 heterocycles. The lowest BCUT2D eigenvalue weighted by atomic mass is 10.1. The van der Waals surface area contributed by atoms with Crippen LogP contribution in [0, 0.1) is 0 Å². The molecule has 0 saturated heterocycles. The molecular formula is C21H44NO4P. The Morgan fingerprint density at radius 1 is 0.778 bits per heavy atom. The highest BCUT2D eigenvalue weighted by Gasteiger charge is 2.12. The molecule has 0 fully saturated rings. The maximum atomic E-state index is 11.6. The van der Waals surface area contributed by atoms with E-state index in [2.05, 4.69) is 19.1 Å². The van der Waals surface area contributed by atoms with Gasteiger partial charge in [-0.05, 0) is 25.7 Å². The number of nitrogens with zero attached hydrogens (tertiary/aromatic N) is 1. The molecule has 0 saturated carbocycles. The number of unbranched alkanes of at least 4 members (excludes halogenated alkanes) is 10. The first-order valence-corrected chi connectivity index (χ1v) is 12.3. The molecular weight excluding hydrogens is 361 g/mol. The molecule has 162 valence electrons. The van der Waals surface area contributed by atoms with Gasteiger partial charge in [0.15, 0.2) is 0 Å². The molecule has 5 nitrogen and oxygen atoms in total. The molecule has 6 heteroatoms. The molecule has 0 aliphatic rings. The lowest BCUT2D eigenvalue weighted by Crippen LogP contribution is -2.37. The van der Waals surface area contributed by atoms with Crippen LogP contribution in [0.3, 0.4) is 0 Å². The van der Waals surface area contributed by atoms with Crippen LogP contribution in [0.5, 0.6) is 0 Å². The molecule has 0 aromatic carbocycles. The van der Waals surface area contributed by atoms with Crippen molar-refractivity contribution in [2.75, 3.05) is 40.9 Å². The van der Waals surface area contributed by atoms with Gasteiger partial charge >= 0.3 is 0 Å². The van der Waals surface area contributed by atoms with Gasteiger partial charge in [0.05, 0.1) is 27.7 Å². The van der Waals surface area contributed by atoms with Gasteiger partial charge < -0.3 is 18.4 Å². The zero-order chi connectivity index (χ0) is 20.4. The van der Waals surface area contributed by atoms with E-state index in [1.807, 2.05) is 21.1 Å². The first-order valence-electron chi connectivity index (χ1n) is 10.8. The molecule has 0 radical (unpaired) electrons. The van der Waals surface area contributed by atoms with Gasteiger partial charge in [-0.25, -0.2) is 0 Å². The molecule has 0 aromatic rings. The minimum absolute atomic E-state index is 0.166. The molecule has 0 bridgehead atoms. The van der Waals surface area contributed by atoms with Crippen LogP contribution in [-0.4, -0.2) is 45.4 Å². The van der Waals surface area contributed by atoms with Crippen molar-refractivity contribution in [3.8, 4) is 0 Å². The number of likely N-dealkylation sites (N-methyl/N-ethyl adjacent to an activating group) is 1. The van der Waals surface area contributed by atoms with Gasteiger partial charge in [-0.2, -0.15) is 0 Å². The third-order valence-corrected chi connectivity index (χ3v) is 5.40. The third kappa shape index (κ3) is 22.0. The fourth-order valence-corrected chi connectivity index (χ4v) is 3.38. The number of hydrogen-bond acceptors (Lipinski definition) is 4. The second kappa shape index (κ2) is 16.7. The number of rotatable bonds is 19. The first-order chi connectivity index (χ1) is 12.8. The average molecular weight is 406 g/mol. The minimum atomic E-state index is -4.13. The van der Waals surface area contributed by atoms with Crippen LogP contribution in [0.4, 0.5) is 0 Å². The molecule has 0 N–H and O–H groups in total. The van der Waals surface area contributed by atoms with Gasteiger partial charge in [0.2, 0.25) is 0 Å². The highest BCUT2D eigenvalue weighted by Crippen LogP contribution is 2.38. The SMILES string of the molecule is CCC/C=C\CCCCCCCCCCCOP(=O)([O-])OCC[N+](C)(C)C. The zero-order valence-electron chi connectivity index (χ0n) is 18.3. The summed E-state index contributed by atoms with van der Waals surface area (Å²) in [6.45, 7) is 3.24. The largest absolute Gasteiger partial charge is 0.756 e. The zero-order valence-corrected chi connectivity index (χ0v) is 19.2. The Balaban J connectivity index is 3.36. The summed E-state index contributed by atoms with van der Waals surface area (Å²) < 4.78 is 22.1. The second-order valence-corrected chi connectivity index (χ2v) is 9.77. The van der Waals surface area contributed by atoms with E-state index >= 15 is 0 Å². The monoisotopic (exact) mass is 405 g/mol. The predicted octanol–water partition coefficient (Wildman–Crippen LogP) is 5.45. The lowest BCUT2D eigenvalue weighted by molar-refractivity contribution is -0.870. The summed E-state index contributed by atoms with van der Waals surface area (Å²) in [5.41, 5.74) is 0. The average Bonchev–Trinajstić information content (AvgIpc) is 2.57. The predicted molar refractivity (Wildman–Crippen MR) is 113 cm³/mol. The number of allylic oxidation sites excluding steroid dienone is 2. The molecule has 0 aromatic heterocycles. The van der Waals surface area contributed by atoms with E-state index in [4.69, 9.17) is 9.05 Å². The highest BCUT2D eigenvalue weighted by atomic mass is 31.2. The maximum absolute atomic E-state index is 11.6. The Labute approximate surface area is 168 Å². The minimum Gasteiger partial charge on any atom is -0.756 e. The number of phosphoric acid groups is 1. The number of hydrogen-bond donors (Lipinski definition) is 0. The van der Waals surface area contributed by atoms with Crippen LogP contribution >= 0.6 is 7.82 Å². The van der Waals surface area contributed by atoms with Crippen molar-refractivity contribution in [2.24, 2.45) is 0 Å². The lowest BCUT2D eigenvalue weighted by Gasteiger charge is -2.27. The fraction of sp³-hybridized carbons (Fsp3) is 0.905. The van der Waals surface area contributed by atoms with Gasteiger partial charge in [0.1, 0.15) is 13.2 Å². The van der Waals surface area contributed by atoms with Crippen LogP contribution in [0.15, 0.2) is 12.2 Å². The van der Waals surface area contributed by atoms with E-state index in [1.165, 1.54) is 57.8 Å². The van der Waals surface area contributed by atoms with Crippen molar-refractivity contribution in [3.63, 3.8) is 0 Å². The van der Waals surface area contributed by atoms with Gasteiger partial charge in [-0.1, -0.05) is 70.4 Å². The van der Waals surface area contributed by atoms with Crippen molar-refractivity contribution in [3.05, 3.63) is 12.2 Å². The Morgan fingerprint density at radius 2 is 1.26 bits per heavy atom. The summed E-state index contributed by atoms with van der Waals surface area (Å²) in [7, 11) is 1.85. The molecule has 0 rings (SSSR count). The normalized spacial score (nSPS) is 14.7. The van der Waals surface area contributed by atoms with E-state index in [-0.39, 0.29) is 13.2 Å². The standard InChI is InChI=1S/C21H44NO4P/c1-5-6-7-8-9-10-11-12-13-14-15-16-17-18-20-25-27(23,24)26-21-19-22(2,3)4/h7-8H,5-6,9-21H2,1-4H3/b8-7-. The Bertz CT molecular complexity index is 407. The van der Waals surface area contributed by atoms with Gasteiger partial charge in [-0.3, -0.25) is 4.57 Å². The van der Waals surface area contributed by atoms with Crippen LogP contribution < -0.4 is 4.89 Å². The highest BCUT2D eigenvalue weighted by molar-refractivity contribution is 7.45. The van der Waals surface area contributed by atoms with Gasteiger partial charge in [-0.15, -0.1) is 0 Å². The summed E-state index contributed by atoms with van der Waals surface area (Å²) in [5, 5.41) is 0. The van der Waals surface area contributed by atoms with Crippen molar-refractivity contribution >= 4 is 7.82 Å². The Kier molecular flexibility index (Phi) is 16.6. The maximum Gasteiger partial charge on any atom is 0.268 e. The van der Waals surface area contributed by atoms with Gasteiger partial charge in [0.25, 0.3) is 7.82 Å². The van der Waals surface area contributed by atoms with E-state index in [9.17, 15) is 9.46 Å². The van der Waals surface area contributed by atoms with Crippen LogP contribution in [0.25, 0.3) is 0 Å². The van der Waals surface area contributed by atoms with Crippen molar-refractivity contribution in [2.45, 2.75) is 84.0 Å². The van der Waals surface area contributed by atoms with Gasteiger partial charge in [0, 0.05) is 0 Å². The Morgan fingerprint density at radius 3 is 1.81 bits per heavy atom. The van der Waals surface area contributed by atoms with Crippen LogP contribution in [0.1, 0.15) is 84.0 Å². The van der Waals surface area contributed by atoms with Crippen molar-refractivity contribution < 1.29 is 23.0 Å². The quantitative estimate of drug-likeness (QED) is 0.124. The number of phosphoric ester groups is 1. The van der Waals surface area contributed by atoms with E-state index in [0.29, 0.717) is 11.0 Å². The molecule has 1 atom stereocenters. The Hall–Kier alpha value is -0.190. The number of quaternary nitrogens is 1. The topological polar surface area (TPSA) is 58.6 Å². The summed E-state index contributed by atoms with van der Waals surface area (Å²) >= 11 is 0. The molecule has 0 aliphatic heterocycles. The smallest absolute Gasteiger partial charge is 0.268 e. The first kappa shape index (κ1) is 26.8. The fourth-order valence-electron chi connectivity index (χ4n) is 2.64. The molecule has 0 amide bonds. The summed E-state index contributed by atoms with van der Waals surface area (Å²) in [5.74, 6) is 0. The van der Waals surface area contributed by atoms with E-state index < -0.39 is 7.82 Å². The van der Waals surface area contributed by atoms with Crippen molar-refractivity contribution in [1.29, 1.82) is 0 Å². The third-order valence-electron chi connectivity index (χ3n) is 4.40. The summed E-state index contributed by atoms with van der Waals surface area (Å²) in [6.07, 6.45) is 19.0. The van der Waals surface area contributed by atoms with Crippen LogP contribution in [0.2, 0.25) is 0 Å². The molecule has 1 unspecified atom stereocenters. The van der Waals surface area contributed by atoms with Crippen LogP contribution in [-0.2, 0) is 13.6 Å². The van der Waals surface area contributed by atoms with Crippen molar-refractivity contribution in [1.82, 2.24) is 0 Å². The van der Waals surface area contributed by atoms with E-state index in [0.717, 1.165) is 19.3 Å². The molecule has 0 spiro atoms. The van der Waals surface area contributed by atoms with E-state index in [1.54, 1.807) is 0 Å². The summed E-state index contributed by atoms with van der Waals surface area (Å²) in [4.78, 5) is 11.6.